The molecule has 2 aliphatic rings. The summed E-state index contributed by atoms with van der Waals surface area (Å²) in [6.45, 7) is 4.63. The molecule has 1 atom stereocenters. The highest BCUT2D eigenvalue weighted by Gasteiger charge is 2.24. The van der Waals surface area contributed by atoms with Gasteiger partial charge in [0.25, 0.3) is 0 Å². The lowest BCUT2D eigenvalue weighted by molar-refractivity contribution is 0.109. The second kappa shape index (κ2) is 7.59. The van der Waals surface area contributed by atoms with Crippen molar-refractivity contribution < 1.29 is 4.74 Å². The van der Waals surface area contributed by atoms with Gasteiger partial charge in [0, 0.05) is 52.4 Å². The molecule has 3 aromatic heterocycles. The molecule has 5 heterocycles. The van der Waals surface area contributed by atoms with Gasteiger partial charge in [-0.1, -0.05) is 12.1 Å². The Bertz CT molecular complexity index is 1250. The Morgan fingerprint density at radius 2 is 1.97 bits per heavy atom. The highest BCUT2D eigenvalue weighted by atomic mass is 16.5. The molecule has 1 saturated heterocycles. The number of nitrogens with zero attached hydrogens (tertiary/aromatic N) is 2. The predicted octanol–water partition coefficient (Wildman–Crippen LogP) is 5.10. The number of hydrogen-bond acceptors (Lipinski definition) is 4. The number of H-pyrrole nitrogens is 1. The monoisotopic (exact) mass is 410 g/mol. The van der Waals surface area contributed by atoms with Gasteiger partial charge in [0.05, 0.1) is 13.2 Å². The molecule has 1 unspecified atom stereocenters. The van der Waals surface area contributed by atoms with Gasteiger partial charge in [-0.15, -0.1) is 0 Å². The van der Waals surface area contributed by atoms with E-state index in [0.29, 0.717) is 6.04 Å². The van der Waals surface area contributed by atoms with Gasteiger partial charge in [0.1, 0.15) is 5.65 Å². The highest BCUT2D eigenvalue weighted by Crippen LogP contribution is 2.36. The maximum absolute atomic E-state index is 5.81. The number of benzene rings is 1. The van der Waals surface area contributed by atoms with Gasteiger partial charge in [-0.05, 0) is 73.2 Å². The van der Waals surface area contributed by atoms with Crippen LogP contribution in [0.5, 0.6) is 0 Å². The summed E-state index contributed by atoms with van der Waals surface area (Å²) in [5.74, 6) is 0. The number of aryl methyl sites for hydroxylation is 1. The summed E-state index contributed by atoms with van der Waals surface area (Å²) < 4.78 is 5.81. The third kappa shape index (κ3) is 3.34. The fourth-order valence-electron chi connectivity index (χ4n) is 4.97. The van der Waals surface area contributed by atoms with Crippen molar-refractivity contribution in [1.82, 2.24) is 20.3 Å². The van der Waals surface area contributed by atoms with Crippen molar-refractivity contribution in [1.29, 1.82) is 0 Å². The fraction of sp³-hybridized carbons (Fsp3) is 0.308. The van der Waals surface area contributed by atoms with Crippen LogP contribution in [0.3, 0.4) is 0 Å². The summed E-state index contributed by atoms with van der Waals surface area (Å²) >= 11 is 0. The van der Waals surface area contributed by atoms with Crippen molar-refractivity contribution in [2.45, 2.75) is 38.8 Å². The third-order valence-corrected chi connectivity index (χ3v) is 6.66. The van der Waals surface area contributed by atoms with E-state index >= 15 is 0 Å². The van der Waals surface area contributed by atoms with Crippen molar-refractivity contribution in [3.63, 3.8) is 0 Å². The van der Waals surface area contributed by atoms with Crippen LogP contribution in [0.2, 0.25) is 0 Å². The Labute approximate surface area is 181 Å². The summed E-state index contributed by atoms with van der Waals surface area (Å²) in [7, 11) is 0. The zero-order valence-electron chi connectivity index (χ0n) is 17.7. The van der Waals surface area contributed by atoms with Gasteiger partial charge in [-0.25, -0.2) is 4.98 Å². The third-order valence-electron chi connectivity index (χ3n) is 6.66. The minimum Gasteiger partial charge on any atom is -0.376 e. The van der Waals surface area contributed by atoms with Gasteiger partial charge >= 0.3 is 0 Å². The van der Waals surface area contributed by atoms with E-state index < -0.39 is 0 Å². The zero-order valence-corrected chi connectivity index (χ0v) is 17.7. The molecule has 1 aromatic carbocycles. The molecule has 0 radical (unpaired) electrons. The molecule has 156 valence electrons. The van der Waals surface area contributed by atoms with Crippen LogP contribution in [0, 0.1) is 6.92 Å². The molecule has 2 N–H and O–H groups in total. The van der Waals surface area contributed by atoms with Crippen LogP contribution < -0.4 is 5.32 Å². The molecular formula is C26H26N4O. The summed E-state index contributed by atoms with van der Waals surface area (Å²) in [4.78, 5) is 12.5. The molecule has 2 aliphatic heterocycles. The number of aromatic nitrogens is 3. The van der Waals surface area contributed by atoms with Crippen LogP contribution >= 0.6 is 0 Å². The van der Waals surface area contributed by atoms with Crippen LogP contribution in [0.4, 0.5) is 0 Å². The van der Waals surface area contributed by atoms with Crippen molar-refractivity contribution in [2.24, 2.45) is 0 Å². The first-order valence-electron chi connectivity index (χ1n) is 11.1. The average molecular weight is 411 g/mol. The first-order chi connectivity index (χ1) is 15.3. The fourth-order valence-corrected chi connectivity index (χ4v) is 4.97. The van der Waals surface area contributed by atoms with Gasteiger partial charge < -0.3 is 15.0 Å². The molecule has 0 aliphatic carbocycles. The Morgan fingerprint density at radius 1 is 1.03 bits per heavy atom. The molecule has 0 saturated carbocycles. The maximum Gasteiger partial charge on any atom is 0.137 e. The predicted molar refractivity (Wildman–Crippen MR) is 123 cm³/mol. The molecule has 0 spiro atoms. The van der Waals surface area contributed by atoms with Gasteiger partial charge in [0.2, 0.25) is 0 Å². The molecular weight excluding hydrogens is 384 g/mol. The van der Waals surface area contributed by atoms with Gasteiger partial charge in [-0.2, -0.15) is 0 Å². The Hall–Kier alpha value is -3.02. The smallest absolute Gasteiger partial charge is 0.137 e. The summed E-state index contributed by atoms with van der Waals surface area (Å²) in [6.07, 6.45) is 9.36. The number of nitrogens with one attached hydrogen (secondary N) is 2. The lowest BCUT2D eigenvalue weighted by Gasteiger charge is -2.24. The van der Waals surface area contributed by atoms with Crippen LogP contribution in [-0.2, 0) is 17.8 Å². The van der Waals surface area contributed by atoms with Gasteiger partial charge in [-0.3, -0.25) is 4.98 Å². The van der Waals surface area contributed by atoms with E-state index in [9.17, 15) is 0 Å². The van der Waals surface area contributed by atoms with E-state index in [1.807, 2.05) is 25.5 Å². The average Bonchev–Trinajstić information content (AvgIpc) is 3.49. The lowest BCUT2D eigenvalue weighted by atomic mass is 9.88. The lowest BCUT2D eigenvalue weighted by Crippen LogP contribution is -2.19. The molecule has 6 rings (SSSR count). The van der Waals surface area contributed by atoms with Crippen molar-refractivity contribution in [3.05, 3.63) is 71.3 Å². The van der Waals surface area contributed by atoms with Crippen LogP contribution in [0.1, 0.15) is 41.3 Å². The number of fused-ring (bicyclic) bond motifs is 2. The number of rotatable bonds is 3. The van der Waals surface area contributed by atoms with Crippen molar-refractivity contribution >= 4 is 11.0 Å². The maximum atomic E-state index is 5.81. The van der Waals surface area contributed by atoms with Crippen LogP contribution in [0.15, 0.2) is 48.9 Å². The van der Waals surface area contributed by atoms with Crippen molar-refractivity contribution in [3.8, 4) is 22.3 Å². The van der Waals surface area contributed by atoms with E-state index in [-0.39, 0.29) is 0 Å². The summed E-state index contributed by atoms with van der Waals surface area (Å²) in [5.41, 5.74) is 10.8. The first-order valence-corrected chi connectivity index (χ1v) is 11.1. The SMILES string of the molecule is Cc1ccc(-c2c[nH]c3ncc(-c4cc5c(c(C6CCCN6)c4)COCC5)cc23)cn1. The first kappa shape index (κ1) is 18.7. The minimum atomic E-state index is 0.425. The van der Waals surface area contributed by atoms with E-state index in [1.54, 1.807) is 0 Å². The molecule has 5 nitrogen and oxygen atoms in total. The Kier molecular flexibility index (Phi) is 4.59. The standard InChI is InChI=1S/C26H26N4O/c1-16-4-5-18(12-28-16)23-14-30-26-22(23)11-20(13-29-26)19-9-17-6-8-31-15-24(17)21(10-19)25-3-2-7-27-25/h4-5,9-14,25,27H,2-3,6-8,15H2,1H3,(H,29,30). The summed E-state index contributed by atoms with van der Waals surface area (Å²) in [5, 5.41) is 4.81. The quantitative estimate of drug-likeness (QED) is 0.493. The number of pyridine rings is 2. The molecule has 4 aromatic rings. The number of hydrogen-bond donors (Lipinski definition) is 2. The Balaban J connectivity index is 1.48. The highest BCUT2D eigenvalue weighted by molar-refractivity contribution is 5.95. The minimum absolute atomic E-state index is 0.425. The van der Waals surface area contributed by atoms with E-state index in [0.717, 1.165) is 59.6 Å². The molecule has 31 heavy (non-hydrogen) atoms. The molecule has 5 heteroatoms. The normalized spacial score (nSPS) is 18.4. The van der Waals surface area contributed by atoms with E-state index in [4.69, 9.17) is 9.72 Å². The largest absolute Gasteiger partial charge is 0.376 e. The van der Waals surface area contributed by atoms with E-state index in [2.05, 4.69) is 45.6 Å². The number of aromatic amines is 1. The summed E-state index contributed by atoms with van der Waals surface area (Å²) in [6, 6.07) is 11.6. The van der Waals surface area contributed by atoms with Crippen LogP contribution in [-0.4, -0.2) is 28.1 Å². The molecule has 0 bridgehead atoms. The second-order valence-corrected chi connectivity index (χ2v) is 8.67. The molecule has 1 fully saturated rings. The molecule has 0 amide bonds. The zero-order chi connectivity index (χ0) is 20.8. The number of ether oxygens (including phenoxy) is 1. The topological polar surface area (TPSA) is 62.8 Å². The van der Waals surface area contributed by atoms with Crippen LogP contribution in [0.25, 0.3) is 33.3 Å². The van der Waals surface area contributed by atoms with Gasteiger partial charge in [0.15, 0.2) is 0 Å². The Morgan fingerprint density at radius 3 is 2.81 bits per heavy atom. The second-order valence-electron chi connectivity index (χ2n) is 8.67. The van der Waals surface area contributed by atoms with E-state index in [1.165, 1.54) is 35.1 Å². The van der Waals surface area contributed by atoms with Crippen molar-refractivity contribution in [2.75, 3.05) is 13.2 Å².